The van der Waals surface area contributed by atoms with Crippen LogP contribution in [0.3, 0.4) is 0 Å². The van der Waals surface area contributed by atoms with Crippen molar-refractivity contribution in [3.05, 3.63) is 30.0 Å². The van der Waals surface area contributed by atoms with Crippen molar-refractivity contribution in [1.82, 2.24) is 4.98 Å². The average molecular weight is 320 g/mol. The van der Waals surface area contributed by atoms with Gasteiger partial charge in [0.1, 0.15) is 5.75 Å². The second-order valence-electron chi connectivity index (χ2n) is 4.75. The van der Waals surface area contributed by atoms with Crippen LogP contribution in [0, 0.1) is 0 Å². The van der Waals surface area contributed by atoms with Crippen molar-refractivity contribution < 1.29 is 23.8 Å². The van der Waals surface area contributed by atoms with Crippen molar-refractivity contribution in [2.24, 2.45) is 5.73 Å². The molecule has 0 saturated carbocycles. The number of esters is 2. The number of fused-ring (bicyclic) bond motifs is 1. The number of nitrogens with one attached hydrogen (secondary N) is 1. The fraction of sp³-hybridized carbons (Fsp3) is 0.375. The number of ether oxygens (including phenoxy) is 3. The fourth-order valence-electron chi connectivity index (χ4n) is 2.11. The first-order valence-electron chi connectivity index (χ1n) is 7.40. The standard InChI is InChI=1S/C16H20N2O5/c1-3-21-15(19)14(16(20)22-4-2)23-12-6-5-10-7-11(9-17)18-13(10)8-12/h5-8,14,18H,3-4,9,17H2,1-2H3. The third kappa shape index (κ3) is 4.01. The van der Waals surface area contributed by atoms with E-state index in [1.807, 2.05) is 12.1 Å². The Balaban J connectivity index is 2.23. The molecular weight excluding hydrogens is 300 g/mol. The summed E-state index contributed by atoms with van der Waals surface area (Å²) in [6.45, 7) is 3.99. The average Bonchev–Trinajstić information content (AvgIpc) is 2.95. The number of carbonyl (C=O) groups is 2. The molecule has 0 aliphatic carbocycles. The molecule has 0 amide bonds. The molecule has 1 heterocycles. The summed E-state index contributed by atoms with van der Waals surface area (Å²) in [5.41, 5.74) is 7.27. The largest absolute Gasteiger partial charge is 0.467 e. The van der Waals surface area contributed by atoms with Crippen molar-refractivity contribution in [2.45, 2.75) is 26.5 Å². The maximum absolute atomic E-state index is 11.9. The van der Waals surface area contributed by atoms with Crippen molar-refractivity contribution >= 4 is 22.8 Å². The van der Waals surface area contributed by atoms with Crippen LogP contribution in [0.25, 0.3) is 10.9 Å². The summed E-state index contributed by atoms with van der Waals surface area (Å²) in [6.07, 6.45) is -1.45. The number of benzene rings is 1. The molecule has 3 N–H and O–H groups in total. The monoisotopic (exact) mass is 320 g/mol. The molecule has 0 atom stereocenters. The Hall–Kier alpha value is -2.54. The van der Waals surface area contributed by atoms with Gasteiger partial charge in [-0.15, -0.1) is 0 Å². The Labute approximate surface area is 133 Å². The molecule has 0 saturated heterocycles. The summed E-state index contributed by atoms with van der Waals surface area (Å²) in [5.74, 6) is -1.20. The second-order valence-corrected chi connectivity index (χ2v) is 4.75. The zero-order chi connectivity index (χ0) is 16.8. The van der Waals surface area contributed by atoms with E-state index < -0.39 is 18.0 Å². The number of carbonyl (C=O) groups excluding carboxylic acids is 2. The molecule has 0 unspecified atom stereocenters. The highest BCUT2D eigenvalue weighted by molar-refractivity contribution is 5.98. The molecule has 1 aromatic heterocycles. The Morgan fingerprint density at radius 1 is 1.13 bits per heavy atom. The zero-order valence-electron chi connectivity index (χ0n) is 13.1. The van der Waals surface area contributed by atoms with Gasteiger partial charge < -0.3 is 24.9 Å². The van der Waals surface area contributed by atoms with Crippen LogP contribution in [0.4, 0.5) is 0 Å². The topological polar surface area (TPSA) is 104 Å². The van der Waals surface area contributed by atoms with Gasteiger partial charge in [0.2, 0.25) is 0 Å². The first-order chi connectivity index (χ1) is 11.1. The molecule has 7 heteroatoms. The number of rotatable bonds is 7. The van der Waals surface area contributed by atoms with Gasteiger partial charge in [-0.25, -0.2) is 9.59 Å². The van der Waals surface area contributed by atoms with Crippen LogP contribution in [0.5, 0.6) is 5.75 Å². The first kappa shape index (κ1) is 16.8. The van der Waals surface area contributed by atoms with Gasteiger partial charge in [0.25, 0.3) is 6.10 Å². The van der Waals surface area contributed by atoms with Crippen LogP contribution in [-0.4, -0.2) is 36.2 Å². The minimum atomic E-state index is -1.45. The summed E-state index contributed by atoms with van der Waals surface area (Å²) in [5, 5.41) is 0.960. The lowest BCUT2D eigenvalue weighted by molar-refractivity contribution is -0.166. The van der Waals surface area contributed by atoms with Gasteiger partial charge in [-0.1, -0.05) is 0 Å². The van der Waals surface area contributed by atoms with E-state index in [9.17, 15) is 9.59 Å². The van der Waals surface area contributed by atoms with Gasteiger partial charge >= 0.3 is 11.9 Å². The molecule has 7 nitrogen and oxygen atoms in total. The number of H-pyrrole nitrogens is 1. The van der Waals surface area contributed by atoms with Crippen LogP contribution in [0.2, 0.25) is 0 Å². The Morgan fingerprint density at radius 3 is 2.35 bits per heavy atom. The molecule has 0 aliphatic rings. The number of aromatic amines is 1. The fourth-order valence-corrected chi connectivity index (χ4v) is 2.11. The highest BCUT2D eigenvalue weighted by atomic mass is 16.6. The SMILES string of the molecule is CCOC(=O)C(Oc1ccc2cc(CN)[nH]c2c1)C(=O)OCC. The Kier molecular flexibility index (Phi) is 5.59. The minimum absolute atomic E-state index is 0.146. The lowest BCUT2D eigenvalue weighted by atomic mass is 10.2. The normalized spacial score (nSPS) is 10.8. The van der Waals surface area contributed by atoms with E-state index in [1.54, 1.807) is 26.0 Å². The quantitative estimate of drug-likeness (QED) is 0.592. The van der Waals surface area contributed by atoms with Gasteiger partial charge in [0.15, 0.2) is 0 Å². The van der Waals surface area contributed by atoms with E-state index in [2.05, 4.69) is 4.98 Å². The van der Waals surface area contributed by atoms with E-state index >= 15 is 0 Å². The summed E-state index contributed by atoms with van der Waals surface area (Å²) in [6, 6.07) is 7.10. The van der Waals surface area contributed by atoms with Crippen molar-refractivity contribution in [2.75, 3.05) is 13.2 Å². The molecule has 0 fully saturated rings. The van der Waals surface area contributed by atoms with Gasteiger partial charge in [0, 0.05) is 23.8 Å². The van der Waals surface area contributed by atoms with Gasteiger partial charge in [-0.3, -0.25) is 0 Å². The summed E-state index contributed by atoms with van der Waals surface area (Å²) < 4.78 is 15.2. The van der Waals surface area contributed by atoms with E-state index in [0.29, 0.717) is 12.3 Å². The van der Waals surface area contributed by atoms with Crippen molar-refractivity contribution in [3.8, 4) is 5.75 Å². The maximum atomic E-state index is 11.9. The molecule has 0 radical (unpaired) electrons. The van der Waals surface area contributed by atoms with Crippen LogP contribution in [0.1, 0.15) is 19.5 Å². The lowest BCUT2D eigenvalue weighted by Gasteiger charge is -2.16. The van der Waals surface area contributed by atoms with Crippen LogP contribution in [0.15, 0.2) is 24.3 Å². The summed E-state index contributed by atoms with van der Waals surface area (Å²) in [7, 11) is 0. The van der Waals surface area contributed by atoms with Gasteiger partial charge in [0.05, 0.1) is 13.2 Å². The third-order valence-corrected chi connectivity index (χ3v) is 3.12. The van der Waals surface area contributed by atoms with Crippen molar-refractivity contribution in [3.63, 3.8) is 0 Å². The molecule has 1 aromatic carbocycles. The van der Waals surface area contributed by atoms with E-state index in [0.717, 1.165) is 16.6 Å². The third-order valence-electron chi connectivity index (χ3n) is 3.12. The molecule has 2 aromatic rings. The Morgan fingerprint density at radius 2 is 1.78 bits per heavy atom. The number of hydrogen-bond donors (Lipinski definition) is 2. The molecule has 124 valence electrons. The molecule has 0 spiro atoms. The van der Waals surface area contributed by atoms with E-state index in [-0.39, 0.29) is 13.2 Å². The number of hydrogen-bond acceptors (Lipinski definition) is 6. The molecule has 23 heavy (non-hydrogen) atoms. The molecular formula is C16H20N2O5. The van der Waals surface area contributed by atoms with Crippen LogP contribution < -0.4 is 10.5 Å². The molecule has 0 aliphatic heterocycles. The highest BCUT2D eigenvalue weighted by Crippen LogP contribution is 2.22. The Bertz CT molecular complexity index is 677. The maximum Gasteiger partial charge on any atom is 0.359 e. The summed E-state index contributed by atoms with van der Waals surface area (Å²) >= 11 is 0. The number of aromatic nitrogens is 1. The summed E-state index contributed by atoms with van der Waals surface area (Å²) in [4.78, 5) is 26.9. The highest BCUT2D eigenvalue weighted by Gasteiger charge is 2.32. The molecule has 2 rings (SSSR count). The van der Waals surface area contributed by atoms with Crippen LogP contribution in [-0.2, 0) is 25.6 Å². The molecule has 0 bridgehead atoms. The van der Waals surface area contributed by atoms with E-state index in [4.69, 9.17) is 19.9 Å². The smallest absolute Gasteiger partial charge is 0.359 e. The lowest BCUT2D eigenvalue weighted by Crippen LogP contribution is -2.38. The van der Waals surface area contributed by atoms with E-state index in [1.165, 1.54) is 0 Å². The predicted molar refractivity (Wildman–Crippen MR) is 83.9 cm³/mol. The predicted octanol–water partition coefficient (Wildman–Crippen LogP) is 1.50. The van der Waals surface area contributed by atoms with Crippen LogP contribution >= 0.6 is 0 Å². The van der Waals surface area contributed by atoms with Crippen molar-refractivity contribution in [1.29, 1.82) is 0 Å². The minimum Gasteiger partial charge on any atom is -0.467 e. The number of nitrogens with two attached hydrogens (primary N) is 1. The zero-order valence-corrected chi connectivity index (χ0v) is 13.1. The first-order valence-corrected chi connectivity index (χ1v) is 7.40. The van der Waals surface area contributed by atoms with Gasteiger partial charge in [-0.05, 0) is 37.4 Å². The van der Waals surface area contributed by atoms with Gasteiger partial charge in [-0.2, -0.15) is 0 Å². The second kappa shape index (κ2) is 7.64.